The first-order valence-electron chi connectivity index (χ1n) is 11.6. The molecule has 1 heterocycles. The van der Waals surface area contributed by atoms with Crippen molar-refractivity contribution in [3.05, 3.63) is 60.2 Å². The normalized spacial score (nSPS) is 25.0. The SMILES string of the molecule is CCNC.O=CCCC/C=C\C[C@@H]1C(/C=C/CCCc2ccccc2)[C@H]2C[C@@H]1OO2. The fraction of sp³-hybridized carbons (Fsp3) is 0.577. The second-order valence-corrected chi connectivity index (χ2v) is 8.06. The van der Waals surface area contributed by atoms with E-state index in [0.717, 1.165) is 51.4 Å². The standard InChI is InChI=1S/C23H30O3.C3H9N/c24-17-11-3-1-2-9-15-20-21(23-18-22(20)25-26-23)16-10-5-8-14-19-12-6-4-7-13-19;1-3-4-2/h2,4,6-7,9-10,12-13,16-17,20-23H,1,3,5,8,11,14-15,18H2;4H,3H2,1-2H3/b9-2-,16-10+;/t20-,21?,22+,23-;/m1./s1. The molecule has 166 valence electrons. The van der Waals surface area contributed by atoms with Crippen LogP contribution < -0.4 is 5.32 Å². The number of hydrogen-bond donors (Lipinski definition) is 1. The van der Waals surface area contributed by atoms with Gasteiger partial charge in [-0.1, -0.05) is 61.6 Å². The summed E-state index contributed by atoms with van der Waals surface area (Å²) in [5.74, 6) is 0.978. The first-order valence-corrected chi connectivity index (χ1v) is 11.6. The average molecular weight is 414 g/mol. The number of unbranched alkanes of at least 4 members (excludes halogenated alkanes) is 3. The Labute approximate surface area is 182 Å². The van der Waals surface area contributed by atoms with Crippen LogP contribution in [0.2, 0.25) is 0 Å². The fourth-order valence-electron chi connectivity index (χ4n) is 4.03. The van der Waals surface area contributed by atoms with Gasteiger partial charge in [-0.25, -0.2) is 9.78 Å². The van der Waals surface area contributed by atoms with Gasteiger partial charge in [0.15, 0.2) is 0 Å². The molecule has 1 aliphatic heterocycles. The zero-order chi connectivity index (χ0) is 21.4. The molecule has 1 saturated carbocycles. The molecule has 2 bridgehead atoms. The third kappa shape index (κ3) is 8.55. The second kappa shape index (κ2) is 15.1. The highest BCUT2D eigenvalue weighted by atomic mass is 17.2. The Balaban J connectivity index is 0.000000735. The summed E-state index contributed by atoms with van der Waals surface area (Å²) in [5.41, 5.74) is 1.41. The van der Waals surface area contributed by atoms with Crippen molar-refractivity contribution < 1.29 is 14.6 Å². The molecule has 0 radical (unpaired) electrons. The Bertz CT molecular complexity index is 626. The molecule has 1 unspecified atom stereocenters. The number of carbonyl (C=O) groups is 1. The summed E-state index contributed by atoms with van der Waals surface area (Å²) >= 11 is 0. The minimum atomic E-state index is 0.221. The lowest BCUT2D eigenvalue weighted by Gasteiger charge is -2.27. The minimum Gasteiger partial charge on any atom is -0.320 e. The lowest BCUT2D eigenvalue weighted by atomic mass is 9.89. The number of aldehydes is 1. The maximum atomic E-state index is 10.3. The molecule has 0 amide bonds. The molecule has 3 rings (SSSR count). The third-order valence-electron chi connectivity index (χ3n) is 5.83. The quantitative estimate of drug-likeness (QED) is 0.214. The zero-order valence-corrected chi connectivity index (χ0v) is 18.7. The molecule has 4 heteroatoms. The van der Waals surface area contributed by atoms with E-state index < -0.39 is 0 Å². The number of rotatable bonds is 12. The predicted molar refractivity (Wildman–Crippen MR) is 123 cm³/mol. The third-order valence-corrected chi connectivity index (χ3v) is 5.83. The van der Waals surface area contributed by atoms with Gasteiger partial charge >= 0.3 is 0 Å². The molecule has 4 nitrogen and oxygen atoms in total. The number of fused-ring (bicyclic) bond motifs is 2. The Morgan fingerprint density at radius 3 is 2.47 bits per heavy atom. The van der Waals surface area contributed by atoms with Gasteiger partial charge in [-0.05, 0) is 57.7 Å². The molecule has 1 aromatic carbocycles. The maximum absolute atomic E-state index is 10.3. The molecule has 1 aromatic rings. The van der Waals surface area contributed by atoms with Crippen LogP contribution in [0.3, 0.4) is 0 Å². The topological polar surface area (TPSA) is 47.6 Å². The van der Waals surface area contributed by atoms with E-state index in [2.05, 4.69) is 66.9 Å². The highest BCUT2D eigenvalue weighted by molar-refractivity contribution is 5.49. The molecule has 0 aromatic heterocycles. The number of carbonyl (C=O) groups excluding carboxylic acids is 1. The predicted octanol–water partition coefficient (Wildman–Crippen LogP) is 5.44. The van der Waals surface area contributed by atoms with Crippen molar-refractivity contribution in [2.45, 2.75) is 70.5 Å². The molecule has 2 fully saturated rings. The summed E-state index contributed by atoms with van der Waals surface area (Å²) in [7, 11) is 1.93. The largest absolute Gasteiger partial charge is 0.320 e. The number of aryl methyl sites for hydroxylation is 1. The van der Waals surface area contributed by atoms with Crippen LogP contribution in [-0.4, -0.2) is 32.1 Å². The van der Waals surface area contributed by atoms with E-state index in [1.165, 1.54) is 12.0 Å². The highest BCUT2D eigenvalue weighted by Crippen LogP contribution is 2.44. The number of hydrogen-bond acceptors (Lipinski definition) is 4. The Morgan fingerprint density at radius 2 is 1.73 bits per heavy atom. The summed E-state index contributed by atoms with van der Waals surface area (Å²) in [4.78, 5) is 21.3. The average Bonchev–Trinajstić information content (AvgIpc) is 3.39. The molecule has 1 aliphatic carbocycles. The summed E-state index contributed by atoms with van der Waals surface area (Å²) < 4.78 is 0. The summed E-state index contributed by atoms with van der Waals surface area (Å²) in [6, 6.07) is 10.7. The van der Waals surface area contributed by atoms with Crippen molar-refractivity contribution in [2.24, 2.45) is 11.8 Å². The van der Waals surface area contributed by atoms with Crippen molar-refractivity contribution in [1.82, 2.24) is 5.32 Å². The van der Waals surface area contributed by atoms with E-state index in [4.69, 9.17) is 9.78 Å². The van der Waals surface area contributed by atoms with Gasteiger partial charge in [-0.2, -0.15) is 0 Å². The highest BCUT2D eigenvalue weighted by Gasteiger charge is 2.49. The van der Waals surface area contributed by atoms with E-state index in [0.29, 0.717) is 18.3 Å². The summed E-state index contributed by atoms with van der Waals surface area (Å²) in [5, 5.41) is 2.93. The zero-order valence-electron chi connectivity index (χ0n) is 18.7. The van der Waals surface area contributed by atoms with Crippen LogP contribution in [0, 0.1) is 11.8 Å². The van der Waals surface area contributed by atoms with Crippen molar-refractivity contribution in [2.75, 3.05) is 13.6 Å². The van der Waals surface area contributed by atoms with Crippen LogP contribution in [0.15, 0.2) is 54.6 Å². The second-order valence-electron chi connectivity index (χ2n) is 8.06. The van der Waals surface area contributed by atoms with Crippen molar-refractivity contribution in [3.63, 3.8) is 0 Å². The maximum Gasteiger partial charge on any atom is 0.120 e. The lowest BCUT2D eigenvalue weighted by Crippen LogP contribution is -2.28. The van der Waals surface area contributed by atoms with Gasteiger partial charge in [-0.15, -0.1) is 0 Å². The Morgan fingerprint density at radius 1 is 1.00 bits per heavy atom. The van der Waals surface area contributed by atoms with Crippen LogP contribution in [0.25, 0.3) is 0 Å². The van der Waals surface area contributed by atoms with E-state index in [9.17, 15) is 4.79 Å². The first-order chi connectivity index (χ1) is 14.8. The Kier molecular flexibility index (Phi) is 12.4. The number of allylic oxidation sites excluding steroid dienone is 3. The molecule has 1 saturated heterocycles. The molecule has 30 heavy (non-hydrogen) atoms. The van der Waals surface area contributed by atoms with Gasteiger partial charge in [0, 0.05) is 24.7 Å². The van der Waals surface area contributed by atoms with Crippen LogP contribution in [0.4, 0.5) is 0 Å². The van der Waals surface area contributed by atoms with Gasteiger partial charge in [0.25, 0.3) is 0 Å². The van der Waals surface area contributed by atoms with Crippen LogP contribution >= 0.6 is 0 Å². The van der Waals surface area contributed by atoms with E-state index in [1.54, 1.807) is 0 Å². The Hall–Kier alpha value is -1.75. The van der Waals surface area contributed by atoms with E-state index in [-0.39, 0.29) is 12.2 Å². The first kappa shape index (κ1) is 24.5. The minimum absolute atomic E-state index is 0.221. The number of benzene rings is 1. The lowest BCUT2D eigenvalue weighted by molar-refractivity contribution is -0.336. The molecule has 0 spiro atoms. The van der Waals surface area contributed by atoms with Gasteiger partial charge in [0.2, 0.25) is 0 Å². The van der Waals surface area contributed by atoms with Crippen molar-refractivity contribution >= 4 is 6.29 Å². The van der Waals surface area contributed by atoms with Gasteiger partial charge in [-0.3, -0.25) is 0 Å². The van der Waals surface area contributed by atoms with E-state index >= 15 is 0 Å². The van der Waals surface area contributed by atoms with Gasteiger partial charge in [0.05, 0.1) is 6.10 Å². The fourth-order valence-corrected chi connectivity index (χ4v) is 4.03. The summed E-state index contributed by atoms with van der Waals surface area (Å²) in [6.07, 6.45) is 18.7. The number of nitrogens with one attached hydrogen (secondary N) is 1. The summed E-state index contributed by atoms with van der Waals surface area (Å²) in [6.45, 7) is 3.14. The molecular formula is C26H39NO3. The van der Waals surface area contributed by atoms with E-state index in [1.807, 2.05) is 7.05 Å². The van der Waals surface area contributed by atoms with Crippen molar-refractivity contribution in [1.29, 1.82) is 0 Å². The van der Waals surface area contributed by atoms with Crippen LogP contribution in [0.5, 0.6) is 0 Å². The van der Waals surface area contributed by atoms with Gasteiger partial charge in [0.1, 0.15) is 12.4 Å². The van der Waals surface area contributed by atoms with Gasteiger partial charge < -0.3 is 10.1 Å². The van der Waals surface area contributed by atoms with Crippen LogP contribution in [0.1, 0.15) is 57.4 Å². The molecule has 1 N–H and O–H groups in total. The van der Waals surface area contributed by atoms with Crippen LogP contribution in [-0.2, 0) is 21.0 Å². The molecule has 2 aliphatic rings. The van der Waals surface area contributed by atoms with Crippen molar-refractivity contribution in [3.8, 4) is 0 Å². The smallest absolute Gasteiger partial charge is 0.120 e. The molecule has 4 atom stereocenters. The monoisotopic (exact) mass is 413 g/mol. The molecular weight excluding hydrogens is 374 g/mol.